The minimum Gasteiger partial charge on any atom is -0.420 e. The van der Waals surface area contributed by atoms with Gasteiger partial charge in [-0.3, -0.25) is 4.79 Å². The Morgan fingerprint density at radius 2 is 2.14 bits per heavy atom. The first kappa shape index (κ1) is 12.6. The molecule has 0 saturated heterocycles. The summed E-state index contributed by atoms with van der Waals surface area (Å²) in [5.74, 6) is -3.65. The first-order chi connectivity index (χ1) is 6.50. The van der Waals surface area contributed by atoms with E-state index in [0.29, 0.717) is 6.54 Å². The number of amides is 1. The highest BCUT2D eigenvalue weighted by atomic mass is 16.7. The van der Waals surface area contributed by atoms with E-state index in [1.165, 1.54) is 6.92 Å². The standard InChI is InChI=1S/C9H15NO4/c1-4-7(11)14-9(13,5-2)8(12)10-6-3/h4,13H,1,5-6H2,2-3H3,(H,10,12). The largest absolute Gasteiger partial charge is 0.420 e. The fourth-order valence-corrected chi connectivity index (χ4v) is 0.786. The van der Waals surface area contributed by atoms with Crippen molar-refractivity contribution in [1.29, 1.82) is 0 Å². The van der Waals surface area contributed by atoms with Gasteiger partial charge in [-0.15, -0.1) is 0 Å². The molecule has 0 aliphatic carbocycles. The highest BCUT2D eigenvalue weighted by Gasteiger charge is 2.37. The number of ether oxygens (including phenoxy) is 1. The molecule has 5 nitrogen and oxygen atoms in total. The van der Waals surface area contributed by atoms with Crippen molar-refractivity contribution in [2.45, 2.75) is 26.1 Å². The molecule has 0 fully saturated rings. The molecule has 14 heavy (non-hydrogen) atoms. The Kier molecular flexibility index (Phi) is 4.86. The Bertz CT molecular complexity index is 239. The number of carbonyl (C=O) groups is 2. The van der Waals surface area contributed by atoms with Crippen molar-refractivity contribution < 1.29 is 19.4 Å². The van der Waals surface area contributed by atoms with Crippen molar-refractivity contribution >= 4 is 11.9 Å². The molecule has 1 amide bonds. The molecular weight excluding hydrogens is 186 g/mol. The summed E-state index contributed by atoms with van der Waals surface area (Å²) in [6.07, 6.45) is 0.873. The van der Waals surface area contributed by atoms with Crippen LogP contribution in [0.4, 0.5) is 0 Å². The zero-order chi connectivity index (χ0) is 11.2. The third-order valence-corrected chi connectivity index (χ3v) is 1.61. The molecule has 0 aliphatic heterocycles. The van der Waals surface area contributed by atoms with E-state index in [-0.39, 0.29) is 6.42 Å². The number of nitrogens with one attached hydrogen (secondary N) is 1. The van der Waals surface area contributed by atoms with Gasteiger partial charge in [-0.05, 0) is 6.92 Å². The summed E-state index contributed by atoms with van der Waals surface area (Å²) in [4.78, 5) is 22.1. The molecule has 0 saturated carbocycles. The summed E-state index contributed by atoms with van der Waals surface area (Å²) in [5.41, 5.74) is 0. The lowest BCUT2D eigenvalue weighted by atomic mass is 10.2. The smallest absolute Gasteiger partial charge is 0.333 e. The Balaban J connectivity index is 4.53. The van der Waals surface area contributed by atoms with Crippen molar-refractivity contribution in [3.8, 4) is 0 Å². The number of likely N-dealkylation sites (N-methyl/N-ethyl adjacent to an activating group) is 1. The van der Waals surface area contributed by atoms with Crippen molar-refractivity contribution in [3.63, 3.8) is 0 Å². The molecule has 0 aromatic rings. The molecule has 0 radical (unpaired) electrons. The van der Waals surface area contributed by atoms with Gasteiger partial charge < -0.3 is 15.2 Å². The molecule has 5 heteroatoms. The number of rotatable bonds is 5. The van der Waals surface area contributed by atoms with Gasteiger partial charge in [-0.2, -0.15) is 0 Å². The van der Waals surface area contributed by atoms with Crippen LogP contribution in [0.1, 0.15) is 20.3 Å². The van der Waals surface area contributed by atoms with Crippen molar-refractivity contribution in [2.75, 3.05) is 6.54 Å². The van der Waals surface area contributed by atoms with Crippen LogP contribution in [0.15, 0.2) is 12.7 Å². The van der Waals surface area contributed by atoms with E-state index in [1.807, 2.05) is 0 Å². The fraction of sp³-hybridized carbons (Fsp3) is 0.556. The predicted molar refractivity (Wildman–Crippen MR) is 50.2 cm³/mol. The van der Waals surface area contributed by atoms with Crippen LogP contribution in [-0.4, -0.2) is 29.3 Å². The van der Waals surface area contributed by atoms with Crippen LogP contribution in [0.2, 0.25) is 0 Å². The summed E-state index contributed by atoms with van der Waals surface area (Å²) < 4.78 is 4.54. The molecule has 0 heterocycles. The highest BCUT2D eigenvalue weighted by Crippen LogP contribution is 2.12. The second kappa shape index (κ2) is 5.39. The van der Waals surface area contributed by atoms with Gasteiger partial charge in [0.1, 0.15) is 0 Å². The molecular formula is C9H15NO4. The number of hydrogen-bond acceptors (Lipinski definition) is 4. The second-order valence-electron chi connectivity index (χ2n) is 2.62. The molecule has 1 atom stereocenters. The zero-order valence-corrected chi connectivity index (χ0v) is 8.37. The Hall–Kier alpha value is -1.36. The average molecular weight is 201 g/mol. The maximum Gasteiger partial charge on any atom is 0.333 e. The second-order valence-corrected chi connectivity index (χ2v) is 2.62. The summed E-state index contributed by atoms with van der Waals surface area (Å²) in [5, 5.41) is 12.0. The lowest BCUT2D eigenvalue weighted by Crippen LogP contribution is -2.49. The molecule has 0 aliphatic rings. The molecule has 80 valence electrons. The fourth-order valence-electron chi connectivity index (χ4n) is 0.786. The van der Waals surface area contributed by atoms with Crippen LogP contribution in [0.25, 0.3) is 0 Å². The monoisotopic (exact) mass is 201 g/mol. The Morgan fingerprint density at radius 3 is 2.50 bits per heavy atom. The topological polar surface area (TPSA) is 75.6 Å². The van der Waals surface area contributed by atoms with E-state index >= 15 is 0 Å². The van der Waals surface area contributed by atoms with Crippen LogP contribution >= 0.6 is 0 Å². The summed E-state index contributed by atoms with van der Waals surface area (Å²) >= 11 is 0. The van der Waals surface area contributed by atoms with Crippen LogP contribution in [-0.2, 0) is 14.3 Å². The third-order valence-electron chi connectivity index (χ3n) is 1.61. The lowest BCUT2D eigenvalue weighted by molar-refractivity contribution is -0.208. The van der Waals surface area contributed by atoms with Gasteiger partial charge in [0.2, 0.25) is 0 Å². The van der Waals surface area contributed by atoms with E-state index in [2.05, 4.69) is 16.6 Å². The number of carbonyl (C=O) groups excluding carboxylic acids is 2. The van der Waals surface area contributed by atoms with Crippen LogP contribution in [0.5, 0.6) is 0 Å². The molecule has 0 spiro atoms. The molecule has 0 bridgehead atoms. The van der Waals surface area contributed by atoms with E-state index < -0.39 is 17.7 Å². The molecule has 0 aromatic heterocycles. The van der Waals surface area contributed by atoms with E-state index in [0.717, 1.165) is 6.08 Å². The highest BCUT2D eigenvalue weighted by molar-refractivity contribution is 5.88. The van der Waals surface area contributed by atoms with Gasteiger partial charge >= 0.3 is 5.97 Å². The zero-order valence-electron chi connectivity index (χ0n) is 8.37. The average Bonchev–Trinajstić information content (AvgIpc) is 2.17. The van der Waals surface area contributed by atoms with Crippen molar-refractivity contribution in [1.82, 2.24) is 5.32 Å². The maximum atomic E-state index is 11.3. The van der Waals surface area contributed by atoms with Gasteiger partial charge in [0.15, 0.2) is 0 Å². The molecule has 1 unspecified atom stereocenters. The minimum atomic E-state index is -2.10. The SMILES string of the molecule is C=CC(=O)OC(O)(CC)C(=O)NCC. The van der Waals surface area contributed by atoms with Gasteiger partial charge in [0.25, 0.3) is 11.7 Å². The number of aliphatic hydroxyl groups is 1. The van der Waals surface area contributed by atoms with E-state index in [4.69, 9.17) is 0 Å². The summed E-state index contributed by atoms with van der Waals surface area (Å²) in [6, 6.07) is 0. The summed E-state index contributed by atoms with van der Waals surface area (Å²) in [6.45, 7) is 6.75. The van der Waals surface area contributed by atoms with Crippen molar-refractivity contribution in [2.24, 2.45) is 0 Å². The van der Waals surface area contributed by atoms with Crippen molar-refractivity contribution in [3.05, 3.63) is 12.7 Å². The number of hydrogen-bond donors (Lipinski definition) is 2. The first-order valence-electron chi connectivity index (χ1n) is 4.36. The van der Waals surface area contributed by atoms with Gasteiger partial charge in [0.05, 0.1) is 0 Å². The lowest BCUT2D eigenvalue weighted by Gasteiger charge is -2.24. The first-order valence-corrected chi connectivity index (χ1v) is 4.36. The van der Waals surface area contributed by atoms with Crippen LogP contribution in [0, 0.1) is 0 Å². The Labute approximate surface area is 82.7 Å². The summed E-state index contributed by atoms with van der Waals surface area (Å²) in [7, 11) is 0. The van der Waals surface area contributed by atoms with E-state index in [9.17, 15) is 14.7 Å². The normalized spacial score (nSPS) is 13.9. The third kappa shape index (κ3) is 3.18. The quantitative estimate of drug-likeness (QED) is 0.371. The van der Waals surface area contributed by atoms with Gasteiger partial charge in [0, 0.05) is 19.0 Å². The van der Waals surface area contributed by atoms with Crippen LogP contribution < -0.4 is 5.32 Å². The Morgan fingerprint density at radius 1 is 1.57 bits per heavy atom. The molecule has 0 rings (SSSR count). The predicted octanol–water partition coefficient (Wildman–Crippen LogP) is -0.0497. The van der Waals surface area contributed by atoms with E-state index in [1.54, 1.807) is 6.92 Å². The van der Waals surface area contributed by atoms with Gasteiger partial charge in [-0.1, -0.05) is 13.5 Å². The molecule has 2 N–H and O–H groups in total. The number of esters is 1. The van der Waals surface area contributed by atoms with Gasteiger partial charge in [-0.25, -0.2) is 4.79 Å². The minimum absolute atomic E-state index is 0.0155. The maximum absolute atomic E-state index is 11.3. The van der Waals surface area contributed by atoms with Crippen LogP contribution in [0.3, 0.4) is 0 Å². The molecule has 0 aromatic carbocycles.